The summed E-state index contributed by atoms with van der Waals surface area (Å²) in [5.41, 5.74) is -4.79. The molecule has 2 aromatic heterocycles. The third kappa shape index (κ3) is 2.21. The highest BCUT2D eigenvalue weighted by molar-refractivity contribution is 5.61. The predicted molar refractivity (Wildman–Crippen MR) is 66.8 cm³/mol. The lowest BCUT2D eigenvalue weighted by Crippen LogP contribution is -2.42. The summed E-state index contributed by atoms with van der Waals surface area (Å²) in [4.78, 5) is 3.58. The van der Waals surface area contributed by atoms with Gasteiger partial charge in [-0.3, -0.25) is 0 Å². The van der Waals surface area contributed by atoms with Crippen molar-refractivity contribution in [1.29, 1.82) is 0 Å². The van der Waals surface area contributed by atoms with Crippen molar-refractivity contribution in [3.63, 3.8) is 0 Å². The fraction of sp³-hybridized carbons (Fsp3) is 0.538. The Morgan fingerprint density at radius 3 is 2.42 bits per heavy atom. The Hall–Kier alpha value is -2.04. The maximum atomic E-state index is 13.1. The summed E-state index contributed by atoms with van der Waals surface area (Å²) < 4.78 is 83.7. The molecular weight excluding hydrogens is 344 g/mol. The number of hydrogen-bond acceptors (Lipinski definition) is 4. The second-order valence-corrected chi connectivity index (χ2v) is 5.80. The van der Waals surface area contributed by atoms with E-state index in [0.717, 1.165) is 10.8 Å². The van der Waals surface area contributed by atoms with Crippen LogP contribution in [0.5, 0.6) is 0 Å². The van der Waals surface area contributed by atoms with Crippen LogP contribution >= 0.6 is 0 Å². The number of rotatable bonds is 1. The molecule has 3 heterocycles. The van der Waals surface area contributed by atoms with Crippen LogP contribution < -0.4 is 0 Å². The van der Waals surface area contributed by atoms with Crippen molar-refractivity contribution in [2.75, 3.05) is 0 Å². The highest BCUT2D eigenvalue weighted by atomic mass is 19.4. The molecule has 0 saturated heterocycles. The van der Waals surface area contributed by atoms with Crippen molar-refractivity contribution in [3.8, 4) is 11.5 Å². The second kappa shape index (κ2) is 4.74. The molecule has 0 radical (unpaired) electrons. The normalized spacial score (nSPS) is 20.5. The Morgan fingerprint density at radius 2 is 1.88 bits per heavy atom. The van der Waals surface area contributed by atoms with E-state index in [4.69, 9.17) is 4.52 Å². The van der Waals surface area contributed by atoms with E-state index in [1.807, 2.05) is 0 Å². The van der Waals surface area contributed by atoms with Gasteiger partial charge in [0.25, 0.3) is 0 Å². The summed E-state index contributed by atoms with van der Waals surface area (Å²) in [6, 6.07) is -0.806. The maximum Gasteiger partial charge on any atom is 0.437 e. The molecule has 0 spiro atoms. The van der Waals surface area contributed by atoms with E-state index in [1.54, 1.807) is 0 Å². The minimum atomic E-state index is -5.01. The third-order valence-electron chi connectivity index (χ3n) is 4.01. The third-order valence-corrected chi connectivity index (χ3v) is 4.01. The van der Waals surface area contributed by atoms with Gasteiger partial charge in [-0.15, -0.1) is 0 Å². The van der Waals surface area contributed by atoms with Crippen LogP contribution in [0.25, 0.3) is 11.5 Å². The molecule has 0 fully saturated rings. The van der Waals surface area contributed by atoms with Crippen molar-refractivity contribution >= 4 is 0 Å². The lowest BCUT2D eigenvalue weighted by molar-refractivity contribution is -0.262. The fourth-order valence-corrected chi connectivity index (χ4v) is 2.77. The molecule has 2 atom stereocenters. The van der Waals surface area contributed by atoms with Gasteiger partial charge in [0.1, 0.15) is 5.69 Å². The van der Waals surface area contributed by atoms with Gasteiger partial charge in [-0.05, 0) is 20.3 Å². The monoisotopic (exact) mass is 355 g/mol. The summed E-state index contributed by atoms with van der Waals surface area (Å²) in [5.74, 6) is -1.01. The smallest absolute Gasteiger partial charge is 0.374 e. The lowest BCUT2D eigenvalue weighted by atomic mass is 9.97. The van der Waals surface area contributed by atoms with E-state index in [0.29, 0.717) is 6.92 Å². The van der Waals surface area contributed by atoms with Gasteiger partial charge in [0.05, 0.1) is 6.20 Å². The first-order chi connectivity index (χ1) is 10.9. The van der Waals surface area contributed by atoms with Crippen LogP contribution in [0.4, 0.5) is 26.3 Å². The molecule has 0 bridgehead atoms. The standard InChI is InChI=1S/C13H11F6N3O2/c1-5-3-6-8(24-21-9(6)12(14,15)16)7-4-20-10(22(5)7)11(2,23)13(17,18)19/h4-5,23H,3H2,1-2H3/t5-,11+/m0/s1. The molecule has 3 rings (SSSR count). The molecule has 0 saturated carbocycles. The van der Waals surface area contributed by atoms with Gasteiger partial charge >= 0.3 is 12.4 Å². The molecule has 0 aliphatic carbocycles. The predicted octanol–water partition coefficient (Wildman–Crippen LogP) is 3.44. The average Bonchev–Trinajstić information content (AvgIpc) is 2.99. The molecule has 24 heavy (non-hydrogen) atoms. The van der Waals surface area contributed by atoms with Gasteiger partial charge in [0, 0.05) is 11.6 Å². The van der Waals surface area contributed by atoms with E-state index in [2.05, 4.69) is 10.1 Å². The molecule has 5 nitrogen and oxygen atoms in total. The lowest BCUT2D eigenvalue weighted by Gasteiger charge is -2.30. The summed E-state index contributed by atoms with van der Waals surface area (Å²) in [6.45, 7) is 1.96. The van der Waals surface area contributed by atoms with E-state index in [1.165, 1.54) is 6.92 Å². The first-order valence-electron chi connectivity index (χ1n) is 6.78. The zero-order valence-electron chi connectivity index (χ0n) is 12.3. The quantitative estimate of drug-likeness (QED) is 0.796. The Balaban J connectivity index is 2.19. The minimum Gasteiger partial charge on any atom is -0.374 e. The van der Waals surface area contributed by atoms with Gasteiger partial charge in [-0.1, -0.05) is 5.16 Å². The summed E-state index contributed by atoms with van der Waals surface area (Å²) in [6.07, 6.45) is -9.06. The van der Waals surface area contributed by atoms with E-state index in [9.17, 15) is 31.4 Å². The van der Waals surface area contributed by atoms with E-state index < -0.39 is 35.5 Å². The van der Waals surface area contributed by atoms with Gasteiger partial charge < -0.3 is 14.2 Å². The molecule has 2 aromatic rings. The van der Waals surface area contributed by atoms with Crippen molar-refractivity contribution < 1.29 is 36.0 Å². The molecule has 0 amide bonds. The summed E-state index contributed by atoms with van der Waals surface area (Å²) in [5, 5.41) is 12.8. The second-order valence-electron chi connectivity index (χ2n) is 5.80. The van der Waals surface area contributed by atoms with Crippen LogP contribution in [0, 0.1) is 0 Å². The molecule has 1 aliphatic heterocycles. The Morgan fingerprint density at radius 1 is 1.25 bits per heavy atom. The topological polar surface area (TPSA) is 64.1 Å². The van der Waals surface area contributed by atoms with Crippen LogP contribution in [-0.2, 0) is 18.2 Å². The summed E-state index contributed by atoms with van der Waals surface area (Å²) in [7, 11) is 0. The molecule has 0 aromatic carbocycles. The molecule has 1 N–H and O–H groups in total. The molecule has 132 valence electrons. The van der Waals surface area contributed by atoms with Crippen molar-refractivity contribution in [2.45, 2.75) is 44.3 Å². The van der Waals surface area contributed by atoms with Gasteiger partial charge in [-0.25, -0.2) is 4.98 Å². The largest absolute Gasteiger partial charge is 0.437 e. The molecule has 0 unspecified atom stereocenters. The number of aromatic nitrogens is 3. The Labute approximate surface area is 130 Å². The number of halogens is 6. The van der Waals surface area contributed by atoms with Crippen LogP contribution in [0.1, 0.15) is 37.0 Å². The number of aliphatic hydroxyl groups is 1. The van der Waals surface area contributed by atoms with Crippen molar-refractivity contribution in [1.82, 2.24) is 14.7 Å². The SMILES string of the molecule is C[C@H]1Cc2c(C(F)(F)F)noc2-c2cnc([C@@](C)(O)C(F)(F)F)n21. The first-order valence-corrected chi connectivity index (χ1v) is 6.78. The van der Waals surface area contributed by atoms with Crippen LogP contribution in [0.15, 0.2) is 10.7 Å². The van der Waals surface area contributed by atoms with Crippen LogP contribution in [-0.4, -0.2) is 26.0 Å². The number of hydrogen-bond donors (Lipinski definition) is 1. The van der Waals surface area contributed by atoms with Crippen molar-refractivity contribution in [3.05, 3.63) is 23.3 Å². The number of nitrogens with zero attached hydrogens (tertiary/aromatic N) is 3. The summed E-state index contributed by atoms with van der Waals surface area (Å²) >= 11 is 0. The zero-order valence-corrected chi connectivity index (χ0v) is 12.3. The van der Waals surface area contributed by atoms with Gasteiger partial charge in [0.15, 0.2) is 17.3 Å². The molecule has 1 aliphatic rings. The zero-order chi connectivity index (χ0) is 18.1. The van der Waals surface area contributed by atoms with Crippen LogP contribution in [0.3, 0.4) is 0 Å². The number of alkyl halides is 6. The van der Waals surface area contributed by atoms with Crippen LogP contribution in [0.2, 0.25) is 0 Å². The van der Waals surface area contributed by atoms with E-state index in [-0.39, 0.29) is 23.4 Å². The highest BCUT2D eigenvalue weighted by Gasteiger charge is 2.55. The Kier molecular flexibility index (Phi) is 3.32. The molecular formula is C13H11F6N3O2. The maximum absolute atomic E-state index is 13.1. The van der Waals surface area contributed by atoms with Gasteiger partial charge in [-0.2, -0.15) is 26.3 Å². The minimum absolute atomic E-state index is 0.0914. The number of imidazole rings is 1. The average molecular weight is 355 g/mol. The first kappa shape index (κ1) is 16.8. The number of fused-ring (bicyclic) bond motifs is 3. The van der Waals surface area contributed by atoms with E-state index >= 15 is 0 Å². The Bertz CT molecular complexity index is 787. The highest BCUT2D eigenvalue weighted by Crippen LogP contribution is 2.45. The fourth-order valence-electron chi connectivity index (χ4n) is 2.77. The molecule has 11 heteroatoms. The van der Waals surface area contributed by atoms with Crippen molar-refractivity contribution in [2.24, 2.45) is 0 Å². The van der Waals surface area contributed by atoms with Gasteiger partial charge in [0.2, 0.25) is 5.60 Å².